The van der Waals surface area contributed by atoms with Crippen molar-refractivity contribution < 1.29 is 5.21 Å². The van der Waals surface area contributed by atoms with Crippen LogP contribution in [-0.2, 0) is 5.41 Å². The van der Waals surface area contributed by atoms with Crippen LogP contribution >= 0.6 is 0 Å². The zero-order chi connectivity index (χ0) is 9.47. The van der Waals surface area contributed by atoms with Crippen molar-refractivity contribution in [3.63, 3.8) is 0 Å². The van der Waals surface area contributed by atoms with Crippen LogP contribution in [-0.4, -0.2) is 5.21 Å². The van der Waals surface area contributed by atoms with Crippen molar-refractivity contribution in [2.75, 3.05) is 5.06 Å². The molecule has 1 heterocycles. The molecule has 1 aromatic rings. The zero-order valence-electron chi connectivity index (χ0n) is 7.86. The third kappa shape index (κ3) is 1.23. The lowest BCUT2D eigenvalue weighted by atomic mass is 9.82. The second kappa shape index (κ2) is 2.60. The maximum absolute atomic E-state index is 9.54. The van der Waals surface area contributed by atoms with Crippen LogP contribution < -0.4 is 5.06 Å². The van der Waals surface area contributed by atoms with Gasteiger partial charge in [-0.25, -0.2) is 5.06 Å². The van der Waals surface area contributed by atoms with Crippen LogP contribution in [0.3, 0.4) is 0 Å². The average Bonchev–Trinajstić information content (AvgIpc) is 2.13. The van der Waals surface area contributed by atoms with E-state index in [1.807, 2.05) is 30.3 Å². The molecule has 2 nitrogen and oxygen atoms in total. The summed E-state index contributed by atoms with van der Waals surface area (Å²) in [5, 5.41) is 10.7. The molecule has 0 bridgehead atoms. The molecule has 0 fully saturated rings. The molecule has 68 valence electrons. The molecule has 2 heteroatoms. The van der Waals surface area contributed by atoms with E-state index in [2.05, 4.69) is 13.8 Å². The number of para-hydroxylation sites is 1. The first-order valence-electron chi connectivity index (χ1n) is 4.38. The largest absolute Gasteiger partial charge is 0.284 e. The number of anilines is 1. The Morgan fingerprint density at radius 2 is 1.92 bits per heavy atom. The van der Waals surface area contributed by atoms with E-state index in [4.69, 9.17) is 0 Å². The van der Waals surface area contributed by atoms with Gasteiger partial charge in [-0.05, 0) is 11.6 Å². The Bertz CT molecular complexity index is 355. The summed E-state index contributed by atoms with van der Waals surface area (Å²) in [4.78, 5) is 0. The number of allylic oxidation sites excluding steroid dienone is 1. The second-order valence-corrected chi connectivity index (χ2v) is 3.90. The molecule has 0 atom stereocenters. The van der Waals surface area contributed by atoms with Crippen LogP contribution in [0, 0.1) is 0 Å². The zero-order valence-corrected chi connectivity index (χ0v) is 7.86. The topological polar surface area (TPSA) is 23.5 Å². The molecule has 0 aromatic heterocycles. The molecule has 0 aliphatic carbocycles. The highest BCUT2D eigenvalue weighted by Gasteiger charge is 2.25. The van der Waals surface area contributed by atoms with Gasteiger partial charge in [0.2, 0.25) is 0 Å². The molecule has 1 aliphatic rings. The smallest absolute Gasteiger partial charge is 0.0726 e. The van der Waals surface area contributed by atoms with Gasteiger partial charge in [0.25, 0.3) is 0 Å². The van der Waals surface area contributed by atoms with Gasteiger partial charge in [-0.2, -0.15) is 0 Å². The number of benzene rings is 1. The summed E-state index contributed by atoms with van der Waals surface area (Å²) in [6.07, 6.45) is 3.69. The summed E-state index contributed by atoms with van der Waals surface area (Å²) in [5.74, 6) is 0. The van der Waals surface area contributed by atoms with E-state index in [-0.39, 0.29) is 5.41 Å². The summed E-state index contributed by atoms with van der Waals surface area (Å²) in [6.45, 7) is 4.27. The highest BCUT2D eigenvalue weighted by molar-refractivity contribution is 5.60. The minimum absolute atomic E-state index is 0.00975. The molecule has 13 heavy (non-hydrogen) atoms. The van der Waals surface area contributed by atoms with Crippen LogP contribution in [0.2, 0.25) is 0 Å². The van der Waals surface area contributed by atoms with Crippen LogP contribution in [0.4, 0.5) is 5.69 Å². The van der Waals surface area contributed by atoms with Gasteiger partial charge in [-0.15, -0.1) is 0 Å². The molecule has 1 N–H and O–H groups in total. The van der Waals surface area contributed by atoms with Crippen molar-refractivity contribution in [1.82, 2.24) is 0 Å². The maximum Gasteiger partial charge on any atom is 0.0726 e. The highest BCUT2D eigenvalue weighted by atomic mass is 16.5. The fourth-order valence-corrected chi connectivity index (χ4v) is 1.65. The van der Waals surface area contributed by atoms with Crippen molar-refractivity contribution in [2.45, 2.75) is 19.3 Å². The molecule has 0 radical (unpaired) electrons. The average molecular weight is 175 g/mol. The van der Waals surface area contributed by atoms with E-state index in [0.29, 0.717) is 0 Å². The van der Waals surface area contributed by atoms with Gasteiger partial charge in [0.1, 0.15) is 0 Å². The van der Waals surface area contributed by atoms with Crippen molar-refractivity contribution in [2.24, 2.45) is 0 Å². The van der Waals surface area contributed by atoms with E-state index >= 15 is 0 Å². The van der Waals surface area contributed by atoms with Crippen molar-refractivity contribution in [3.05, 3.63) is 42.1 Å². The van der Waals surface area contributed by atoms with Gasteiger partial charge in [-0.3, -0.25) is 5.21 Å². The number of fused-ring (bicyclic) bond motifs is 1. The predicted molar refractivity (Wildman–Crippen MR) is 52.9 cm³/mol. The fraction of sp³-hybridized carbons (Fsp3) is 0.273. The molecular weight excluding hydrogens is 162 g/mol. The van der Waals surface area contributed by atoms with Crippen LogP contribution in [0.15, 0.2) is 36.5 Å². The Balaban J connectivity index is 2.61. The first-order chi connectivity index (χ1) is 6.11. The SMILES string of the molecule is CC1(C)C=CN(O)c2ccccc21. The van der Waals surface area contributed by atoms with Gasteiger partial charge in [0, 0.05) is 11.6 Å². The Labute approximate surface area is 78.1 Å². The summed E-state index contributed by atoms with van der Waals surface area (Å²) >= 11 is 0. The first kappa shape index (κ1) is 8.32. The van der Waals surface area contributed by atoms with Gasteiger partial charge >= 0.3 is 0 Å². The number of nitrogens with zero attached hydrogens (tertiary/aromatic N) is 1. The molecule has 1 aromatic carbocycles. The maximum atomic E-state index is 9.54. The van der Waals surface area contributed by atoms with Crippen molar-refractivity contribution >= 4 is 5.69 Å². The monoisotopic (exact) mass is 175 g/mol. The molecule has 0 unspecified atom stereocenters. The highest BCUT2D eigenvalue weighted by Crippen LogP contribution is 2.36. The van der Waals surface area contributed by atoms with Crippen molar-refractivity contribution in [3.8, 4) is 0 Å². The van der Waals surface area contributed by atoms with E-state index in [9.17, 15) is 5.21 Å². The summed E-state index contributed by atoms with van der Waals surface area (Å²) in [5.41, 5.74) is 2.03. The first-order valence-corrected chi connectivity index (χ1v) is 4.38. The number of hydrogen-bond donors (Lipinski definition) is 1. The quantitative estimate of drug-likeness (QED) is 0.655. The summed E-state index contributed by atoms with van der Waals surface area (Å²) in [7, 11) is 0. The van der Waals surface area contributed by atoms with E-state index < -0.39 is 0 Å². The molecule has 0 spiro atoms. The second-order valence-electron chi connectivity index (χ2n) is 3.90. The molecule has 2 rings (SSSR count). The standard InChI is InChI=1S/C11H13NO/c1-11(2)7-8-12(13)10-6-4-3-5-9(10)11/h3-8,13H,1-2H3. The predicted octanol–water partition coefficient (Wildman–Crippen LogP) is 2.69. The normalized spacial score (nSPS) is 18.5. The number of hydrogen-bond acceptors (Lipinski definition) is 2. The summed E-state index contributed by atoms with van der Waals surface area (Å²) < 4.78 is 0. The van der Waals surface area contributed by atoms with E-state index in [0.717, 1.165) is 11.3 Å². The lowest BCUT2D eigenvalue weighted by molar-refractivity contribution is 0.289. The van der Waals surface area contributed by atoms with Crippen LogP contribution in [0.1, 0.15) is 19.4 Å². The number of rotatable bonds is 0. The molecule has 0 amide bonds. The van der Waals surface area contributed by atoms with E-state index in [1.54, 1.807) is 6.20 Å². The third-order valence-electron chi connectivity index (χ3n) is 2.48. The molecule has 0 saturated heterocycles. The Morgan fingerprint density at radius 1 is 1.23 bits per heavy atom. The Hall–Kier alpha value is -1.28. The van der Waals surface area contributed by atoms with Gasteiger partial charge < -0.3 is 0 Å². The Kier molecular flexibility index (Phi) is 1.67. The Morgan fingerprint density at radius 3 is 2.62 bits per heavy atom. The third-order valence-corrected chi connectivity index (χ3v) is 2.48. The molecule has 0 saturated carbocycles. The van der Waals surface area contributed by atoms with Crippen molar-refractivity contribution in [1.29, 1.82) is 0 Å². The van der Waals surface area contributed by atoms with Gasteiger partial charge in [-0.1, -0.05) is 38.1 Å². The van der Waals surface area contributed by atoms with Crippen LogP contribution in [0.5, 0.6) is 0 Å². The minimum atomic E-state index is 0.00975. The van der Waals surface area contributed by atoms with Gasteiger partial charge in [0.15, 0.2) is 0 Å². The lowest BCUT2D eigenvalue weighted by Crippen LogP contribution is -2.25. The molecule has 1 aliphatic heterocycles. The lowest BCUT2D eigenvalue weighted by Gasteiger charge is -2.31. The fourth-order valence-electron chi connectivity index (χ4n) is 1.65. The number of hydroxylamine groups is 1. The van der Waals surface area contributed by atoms with Gasteiger partial charge in [0.05, 0.1) is 5.69 Å². The minimum Gasteiger partial charge on any atom is -0.284 e. The molecular formula is C11H13NO. The van der Waals surface area contributed by atoms with E-state index in [1.165, 1.54) is 5.06 Å². The van der Waals surface area contributed by atoms with Crippen LogP contribution in [0.25, 0.3) is 0 Å². The summed E-state index contributed by atoms with van der Waals surface area (Å²) in [6, 6.07) is 7.88.